The van der Waals surface area contributed by atoms with Crippen LogP contribution in [0.25, 0.3) is 0 Å². The summed E-state index contributed by atoms with van der Waals surface area (Å²) in [6.07, 6.45) is 3.20. The maximum atomic E-state index is 11.8. The zero-order chi connectivity index (χ0) is 11.4. The number of rotatable bonds is 2. The third-order valence-corrected chi connectivity index (χ3v) is 2.25. The van der Waals surface area contributed by atoms with Crippen LogP contribution in [-0.2, 0) is 0 Å². The first-order valence-electron chi connectivity index (χ1n) is 5.04. The van der Waals surface area contributed by atoms with Gasteiger partial charge in [0.25, 0.3) is 5.91 Å². The standard InChI is InChI=1S/C13H12N2O/c1-10-2-4-12(5-3-10)15-13(16)11-6-8-14-9-7-11/h2-9H,1H3,(H,15,16). The maximum Gasteiger partial charge on any atom is 0.255 e. The van der Waals surface area contributed by atoms with Gasteiger partial charge in [0.05, 0.1) is 0 Å². The number of pyridine rings is 1. The predicted molar refractivity (Wildman–Crippen MR) is 63.4 cm³/mol. The van der Waals surface area contributed by atoms with Crippen LogP contribution in [0.15, 0.2) is 48.8 Å². The van der Waals surface area contributed by atoms with Gasteiger partial charge in [-0.1, -0.05) is 17.7 Å². The molecule has 0 saturated carbocycles. The first-order valence-corrected chi connectivity index (χ1v) is 5.04. The van der Waals surface area contributed by atoms with Crippen LogP contribution in [0.1, 0.15) is 15.9 Å². The van der Waals surface area contributed by atoms with Crippen LogP contribution in [0.4, 0.5) is 5.69 Å². The summed E-state index contributed by atoms with van der Waals surface area (Å²) in [5.41, 5.74) is 2.57. The summed E-state index contributed by atoms with van der Waals surface area (Å²) in [7, 11) is 0. The maximum absolute atomic E-state index is 11.8. The molecular weight excluding hydrogens is 200 g/mol. The van der Waals surface area contributed by atoms with Crippen molar-refractivity contribution in [1.29, 1.82) is 0 Å². The molecule has 0 bridgehead atoms. The molecule has 3 heteroatoms. The van der Waals surface area contributed by atoms with Crippen molar-refractivity contribution < 1.29 is 4.79 Å². The summed E-state index contributed by atoms with van der Waals surface area (Å²) in [6, 6.07) is 11.1. The lowest BCUT2D eigenvalue weighted by Crippen LogP contribution is -2.11. The molecule has 1 aromatic heterocycles. The SMILES string of the molecule is Cc1ccc(NC(=O)c2ccncc2)cc1. The molecule has 0 saturated heterocycles. The summed E-state index contributed by atoms with van der Waals surface area (Å²) < 4.78 is 0. The largest absolute Gasteiger partial charge is 0.322 e. The molecule has 1 N–H and O–H groups in total. The van der Waals surface area contributed by atoms with Crippen LogP contribution in [-0.4, -0.2) is 10.9 Å². The van der Waals surface area contributed by atoms with E-state index in [1.807, 2.05) is 31.2 Å². The van der Waals surface area contributed by atoms with Crippen LogP contribution in [0.5, 0.6) is 0 Å². The van der Waals surface area contributed by atoms with Gasteiger partial charge in [0.2, 0.25) is 0 Å². The van der Waals surface area contributed by atoms with Crippen molar-refractivity contribution in [3.63, 3.8) is 0 Å². The highest BCUT2D eigenvalue weighted by Crippen LogP contribution is 2.10. The number of carbonyl (C=O) groups excluding carboxylic acids is 1. The molecule has 2 rings (SSSR count). The average Bonchev–Trinajstić information content (AvgIpc) is 2.33. The number of anilines is 1. The van der Waals surface area contributed by atoms with E-state index in [2.05, 4.69) is 10.3 Å². The summed E-state index contributed by atoms with van der Waals surface area (Å²) in [5, 5.41) is 2.82. The Morgan fingerprint density at radius 1 is 1.06 bits per heavy atom. The van der Waals surface area contributed by atoms with Crippen molar-refractivity contribution >= 4 is 11.6 Å². The fourth-order valence-corrected chi connectivity index (χ4v) is 1.34. The molecule has 0 unspecified atom stereocenters. The van der Waals surface area contributed by atoms with E-state index in [-0.39, 0.29) is 5.91 Å². The lowest BCUT2D eigenvalue weighted by molar-refractivity contribution is 0.102. The molecule has 16 heavy (non-hydrogen) atoms. The highest BCUT2D eigenvalue weighted by molar-refractivity contribution is 6.04. The van der Waals surface area contributed by atoms with Gasteiger partial charge in [0, 0.05) is 23.6 Å². The third kappa shape index (κ3) is 2.45. The molecule has 0 radical (unpaired) electrons. The molecule has 3 nitrogen and oxygen atoms in total. The topological polar surface area (TPSA) is 42.0 Å². The van der Waals surface area contributed by atoms with E-state index in [0.717, 1.165) is 5.69 Å². The highest BCUT2D eigenvalue weighted by atomic mass is 16.1. The summed E-state index contributed by atoms with van der Waals surface area (Å²) in [5.74, 6) is -0.119. The van der Waals surface area contributed by atoms with Gasteiger partial charge in [-0.3, -0.25) is 9.78 Å². The number of nitrogens with zero attached hydrogens (tertiary/aromatic N) is 1. The summed E-state index contributed by atoms with van der Waals surface area (Å²) >= 11 is 0. The Bertz CT molecular complexity index is 477. The molecule has 80 valence electrons. The van der Waals surface area contributed by atoms with Crippen LogP contribution in [0, 0.1) is 6.92 Å². The zero-order valence-electron chi connectivity index (χ0n) is 8.97. The van der Waals surface area contributed by atoms with Crippen LogP contribution in [0.2, 0.25) is 0 Å². The summed E-state index contributed by atoms with van der Waals surface area (Å²) in [6.45, 7) is 2.01. The van der Waals surface area contributed by atoms with Gasteiger partial charge < -0.3 is 5.32 Å². The molecule has 0 aliphatic carbocycles. The number of hydrogen-bond donors (Lipinski definition) is 1. The second-order valence-electron chi connectivity index (χ2n) is 3.56. The van der Waals surface area contributed by atoms with Crippen molar-refractivity contribution in [2.75, 3.05) is 5.32 Å². The normalized spacial score (nSPS) is 9.81. The monoisotopic (exact) mass is 212 g/mol. The molecule has 0 spiro atoms. The van der Waals surface area contributed by atoms with Crippen LogP contribution in [0.3, 0.4) is 0 Å². The van der Waals surface area contributed by atoms with Crippen molar-refractivity contribution in [2.24, 2.45) is 0 Å². The molecule has 1 amide bonds. The van der Waals surface area contributed by atoms with Gasteiger partial charge in [-0.2, -0.15) is 0 Å². The fourth-order valence-electron chi connectivity index (χ4n) is 1.34. The Hall–Kier alpha value is -2.16. The van der Waals surface area contributed by atoms with E-state index in [1.54, 1.807) is 24.5 Å². The van der Waals surface area contributed by atoms with Crippen molar-refractivity contribution in [3.05, 3.63) is 59.9 Å². The minimum absolute atomic E-state index is 0.119. The second kappa shape index (κ2) is 4.57. The minimum Gasteiger partial charge on any atom is -0.322 e. The van der Waals surface area contributed by atoms with Crippen LogP contribution >= 0.6 is 0 Å². The number of aryl methyl sites for hydroxylation is 1. The molecular formula is C13H12N2O. The Morgan fingerprint density at radius 3 is 2.31 bits per heavy atom. The van der Waals surface area contributed by atoms with E-state index < -0.39 is 0 Å². The van der Waals surface area contributed by atoms with E-state index in [0.29, 0.717) is 5.56 Å². The van der Waals surface area contributed by atoms with Gasteiger partial charge in [0.1, 0.15) is 0 Å². The molecule has 0 aliphatic rings. The van der Waals surface area contributed by atoms with E-state index >= 15 is 0 Å². The Labute approximate surface area is 94.1 Å². The molecule has 1 heterocycles. The minimum atomic E-state index is -0.119. The van der Waals surface area contributed by atoms with Crippen molar-refractivity contribution in [3.8, 4) is 0 Å². The second-order valence-corrected chi connectivity index (χ2v) is 3.56. The Balaban J connectivity index is 2.11. The first kappa shape index (κ1) is 10.4. The highest BCUT2D eigenvalue weighted by Gasteiger charge is 2.04. The Kier molecular flexibility index (Phi) is 2.96. The zero-order valence-corrected chi connectivity index (χ0v) is 8.97. The number of carbonyl (C=O) groups is 1. The lowest BCUT2D eigenvalue weighted by atomic mass is 10.2. The average molecular weight is 212 g/mol. The van der Waals surface area contributed by atoms with Gasteiger partial charge in [-0.25, -0.2) is 0 Å². The number of aromatic nitrogens is 1. The Morgan fingerprint density at radius 2 is 1.69 bits per heavy atom. The molecule has 2 aromatic rings. The van der Waals surface area contributed by atoms with Gasteiger partial charge in [-0.05, 0) is 31.2 Å². The quantitative estimate of drug-likeness (QED) is 0.831. The molecule has 0 fully saturated rings. The van der Waals surface area contributed by atoms with Gasteiger partial charge >= 0.3 is 0 Å². The lowest BCUT2D eigenvalue weighted by Gasteiger charge is -2.04. The predicted octanol–water partition coefficient (Wildman–Crippen LogP) is 2.64. The van der Waals surface area contributed by atoms with Crippen molar-refractivity contribution in [1.82, 2.24) is 4.98 Å². The van der Waals surface area contributed by atoms with E-state index in [9.17, 15) is 4.79 Å². The van der Waals surface area contributed by atoms with E-state index in [1.165, 1.54) is 5.56 Å². The van der Waals surface area contributed by atoms with Crippen LogP contribution < -0.4 is 5.32 Å². The number of benzene rings is 1. The summed E-state index contributed by atoms with van der Waals surface area (Å²) in [4.78, 5) is 15.6. The smallest absolute Gasteiger partial charge is 0.255 e. The third-order valence-electron chi connectivity index (χ3n) is 2.25. The molecule has 0 aliphatic heterocycles. The number of hydrogen-bond acceptors (Lipinski definition) is 2. The molecule has 1 aromatic carbocycles. The van der Waals surface area contributed by atoms with E-state index in [4.69, 9.17) is 0 Å². The van der Waals surface area contributed by atoms with Gasteiger partial charge in [0.15, 0.2) is 0 Å². The van der Waals surface area contributed by atoms with Gasteiger partial charge in [-0.15, -0.1) is 0 Å². The molecule has 0 atom stereocenters. The first-order chi connectivity index (χ1) is 7.75. The fraction of sp³-hybridized carbons (Fsp3) is 0.0769. The number of amides is 1. The number of nitrogens with one attached hydrogen (secondary N) is 1. The van der Waals surface area contributed by atoms with Crippen molar-refractivity contribution in [2.45, 2.75) is 6.92 Å².